The summed E-state index contributed by atoms with van der Waals surface area (Å²) in [5, 5.41) is 10.9. The van der Waals surface area contributed by atoms with Crippen LogP contribution >= 0.6 is 35.0 Å². The Labute approximate surface area is 152 Å². The number of nitrogens with zero attached hydrogens (tertiary/aromatic N) is 2. The zero-order chi connectivity index (χ0) is 16.9. The van der Waals surface area contributed by atoms with Crippen LogP contribution in [0, 0.1) is 0 Å². The molecule has 0 bridgehead atoms. The highest BCUT2D eigenvalue weighted by atomic mass is 35.5. The summed E-state index contributed by atoms with van der Waals surface area (Å²) in [6, 6.07) is 14.7. The molecule has 122 valence electrons. The average molecular weight is 379 g/mol. The van der Waals surface area contributed by atoms with Gasteiger partial charge in [-0.05, 0) is 12.1 Å². The highest BCUT2D eigenvalue weighted by Gasteiger charge is 2.11. The lowest BCUT2D eigenvalue weighted by Gasteiger charge is -2.07. The number of rotatable bonds is 5. The molecule has 0 aliphatic carbocycles. The van der Waals surface area contributed by atoms with E-state index in [1.54, 1.807) is 18.2 Å². The van der Waals surface area contributed by atoms with Gasteiger partial charge in [0.05, 0.1) is 21.5 Å². The lowest BCUT2D eigenvalue weighted by Crippen LogP contribution is -2.14. The van der Waals surface area contributed by atoms with Gasteiger partial charge in [-0.25, -0.2) is 4.98 Å². The van der Waals surface area contributed by atoms with E-state index in [-0.39, 0.29) is 11.7 Å². The van der Waals surface area contributed by atoms with Crippen LogP contribution in [-0.2, 0) is 4.79 Å². The van der Waals surface area contributed by atoms with E-state index in [0.29, 0.717) is 26.7 Å². The third kappa shape index (κ3) is 4.08. The minimum atomic E-state index is -0.213. The van der Waals surface area contributed by atoms with E-state index >= 15 is 0 Å². The van der Waals surface area contributed by atoms with Gasteiger partial charge < -0.3 is 5.32 Å². The summed E-state index contributed by atoms with van der Waals surface area (Å²) in [4.78, 5) is 16.4. The maximum absolute atomic E-state index is 12.0. The molecule has 3 aromatic rings. The second kappa shape index (κ2) is 7.70. The molecule has 0 unspecified atom stereocenters. The summed E-state index contributed by atoms with van der Waals surface area (Å²) < 4.78 is 0. The molecule has 5 nitrogen and oxygen atoms in total. The number of hydrogen-bond acceptors (Lipinski definition) is 4. The number of thioether (sulfide) groups is 1. The number of carbonyl (C=O) groups is 1. The smallest absolute Gasteiger partial charge is 0.234 e. The van der Waals surface area contributed by atoms with E-state index in [0.717, 1.165) is 5.56 Å². The predicted molar refractivity (Wildman–Crippen MR) is 97.6 cm³/mol. The molecule has 1 amide bonds. The molecule has 0 saturated carbocycles. The van der Waals surface area contributed by atoms with Crippen molar-refractivity contribution in [1.29, 1.82) is 0 Å². The normalized spacial score (nSPS) is 10.6. The molecule has 1 aromatic heterocycles. The number of aromatic nitrogens is 3. The van der Waals surface area contributed by atoms with E-state index < -0.39 is 0 Å². The van der Waals surface area contributed by atoms with Gasteiger partial charge in [0.1, 0.15) is 0 Å². The van der Waals surface area contributed by atoms with Crippen molar-refractivity contribution in [3.8, 4) is 11.4 Å². The van der Waals surface area contributed by atoms with Crippen LogP contribution in [0.25, 0.3) is 11.4 Å². The first-order valence-corrected chi connectivity index (χ1v) is 8.72. The summed E-state index contributed by atoms with van der Waals surface area (Å²) in [6.45, 7) is 0. The largest absolute Gasteiger partial charge is 0.324 e. The number of hydrogen-bond donors (Lipinski definition) is 2. The Balaban J connectivity index is 1.59. The molecule has 1 heterocycles. The highest BCUT2D eigenvalue weighted by Crippen LogP contribution is 2.29. The first-order valence-electron chi connectivity index (χ1n) is 6.98. The Morgan fingerprint density at radius 1 is 1.12 bits per heavy atom. The number of aromatic amines is 1. The molecule has 2 N–H and O–H groups in total. The van der Waals surface area contributed by atoms with Crippen molar-refractivity contribution in [2.45, 2.75) is 5.16 Å². The molecule has 0 aliphatic rings. The molecular formula is C16H12Cl2N4OS. The monoisotopic (exact) mass is 378 g/mol. The molecule has 0 aliphatic heterocycles. The van der Waals surface area contributed by atoms with Crippen molar-refractivity contribution in [3.63, 3.8) is 0 Å². The first-order chi connectivity index (χ1) is 11.6. The molecule has 0 saturated heterocycles. The van der Waals surface area contributed by atoms with Gasteiger partial charge >= 0.3 is 0 Å². The van der Waals surface area contributed by atoms with Crippen LogP contribution in [0.1, 0.15) is 0 Å². The van der Waals surface area contributed by atoms with Crippen LogP contribution < -0.4 is 5.32 Å². The number of carbonyl (C=O) groups excluding carboxylic acids is 1. The van der Waals surface area contributed by atoms with Crippen LogP contribution in [0.4, 0.5) is 5.69 Å². The molecule has 24 heavy (non-hydrogen) atoms. The van der Waals surface area contributed by atoms with E-state index in [2.05, 4.69) is 20.5 Å². The fourth-order valence-corrected chi connectivity index (χ4v) is 2.90. The van der Waals surface area contributed by atoms with Gasteiger partial charge in [-0.15, -0.1) is 5.10 Å². The van der Waals surface area contributed by atoms with Gasteiger partial charge in [-0.3, -0.25) is 9.89 Å². The second-order valence-electron chi connectivity index (χ2n) is 4.77. The molecule has 0 atom stereocenters. The maximum Gasteiger partial charge on any atom is 0.234 e. The third-order valence-electron chi connectivity index (χ3n) is 3.07. The molecule has 8 heteroatoms. The van der Waals surface area contributed by atoms with Crippen LogP contribution in [0.3, 0.4) is 0 Å². The predicted octanol–water partition coefficient (Wildman–Crippen LogP) is 4.51. The Morgan fingerprint density at radius 3 is 2.71 bits per heavy atom. The first kappa shape index (κ1) is 16.8. The van der Waals surface area contributed by atoms with Gasteiger partial charge in [-0.1, -0.05) is 71.4 Å². The van der Waals surface area contributed by atoms with Gasteiger partial charge in [0.2, 0.25) is 11.1 Å². The van der Waals surface area contributed by atoms with Gasteiger partial charge in [0.15, 0.2) is 5.82 Å². The Morgan fingerprint density at radius 2 is 1.92 bits per heavy atom. The summed E-state index contributed by atoms with van der Waals surface area (Å²) >= 11 is 13.2. The quantitative estimate of drug-likeness (QED) is 0.640. The lowest BCUT2D eigenvalue weighted by molar-refractivity contribution is -0.113. The van der Waals surface area contributed by atoms with Crippen molar-refractivity contribution in [2.75, 3.05) is 11.1 Å². The molecule has 0 fully saturated rings. The Kier molecular flexibility index (Phi) is 5.40. The summed E-state index contributed by atoms with van der Waals surface area (Å²) in [7, 11) is 0. The topological polar surface area (TPSA) is 70.7 Å². The van der Waals surface area contributed by atoms with Crippen molar-refractivity contribution in [2.24, 2.45) is 0 Å². The minimum Gasteiger partial charge on any atom is -0.324 e. The summed E-state index contributed by atoms with van der Waals surface area (Å²) in [5.41, 5.74) is 1.42. The number of amides is 1. The molecule has 3 rings (SSSR count). The van der Waals surface area contributed by atoms with Crippen molar-refractivity contribution in [1.82, 2.24) is 15.2 Å². The number of anilines is 1. The van der Waals surface area contributed by atoms with E-state index in [1.807, 2.05) is 30.3 Å². The third-order valence-corrected chi connectivity index (χ3v) is 4.74. The maximum atomic E-state index is 12.0. The van der Waals surface area contributed by atoms with E-state index in [1.165, 1.54) is 11.8 Å². The van der Waals surface area contributed by atoms with Gasteiger partial charge in [-0.2, -0.15) is 0 Å². The van der Waals surface area contributed by atoms with Crippen LogP contribution in [0.15, 0.2) is 53.7 Å². The number of benzene rings is 2. The number of nitrogens with one attached hydrogen (secondary N) is 2. The van der Waals surface area contributed by atoms with Gasteiger partial charge in [0, 0.05) is 5.56 Å². The summed E-state index contributed by atoms with van der Waals surface area (Å²) in [6.07, 6.45) is 0. The standard InChI is InChI=1S/C16H12Cl2N4OS/c17-11-7-4-8-12(14(11)18)19-13(23)9-24-16-20-15(21-22-16)10-5-2-1-3-6-10/h1-8H,9H2,(H,19,23)(H,20,21,22). The van der Waals surface area contributed by atoms with Crippen molar-refractivity contribution < 1.29 is 4.79 Å². The zero-order valence-corrected chi connectivity index (χ0v) is 14.6. The minimum absolute atomic E-state index is 0.162. The van der Waals surface area contributed by atoms with Gasteiger partial charge in [0.25, 0.3) is 0 Å². The molecular weight excluding hydrogens is 367 g/mol. The van der Waals surface area contributed by atoms with Crippen LogP contribution in [0.2, 0.25) is 10.0 Å². The van der Waals surface area contributed by atoms with Crippen molar-refractivity contribution >= 4 is 46.6 Å². The average Bonchev–Trinajstić information content (AvgIpc) is 3.07. The molecule has 0 radical (unpaired) electrons. The molecule has 0 spiro atoms. The molecule has 2 aromatic carbocycles. The summed E-state index contributed by atoms with van der Waals surface area (Å²) in [5.74, 6) is 0.612. The fraction of sp³-hybridized carbons (Fsp3) is 0.0625. The van der Waals surface area contributed by atoms with Crippen LogP contribution in [0.5, 0.6) is 0 Å². The van der Waals surface area contributed by atoms with Crippen molar-refractivity contribution in [3.05, 3.63) is 58.6 Å². The van der Waals surface area contributed by atoms with E-state index in [9.17, 15) is 4.79 Å². The SMILES string of the molecule is O=C(CSc1n[nH]c(-c2ccccc2)n1)Nc1cccc(Cl)c1Cl. The zero-order valence-electron chi connectivity index (χ0n) is 12.3. The second-order valence-corrected chi connectivity index (χ2v) is 6.50. The highest BCUT2D eigenvalue weighted by molar-refractivity contribution is 7.99. The fourth-order valence-electron chi connectivity index (χ4n) is 1.95. The number of H-pyrrole nitrogens is 1. The van der Waals surface area contributed by atoms with Crippen LogP contribution in [-0.4, -0.2) is 26.8 Å². The number of halogens is 2. The Hall–Kier alpha value is -2.02. The lowest BCUT2D eigenvalue weighted by atomic mass is 10.2. The Bertz CT molecular complexity index is 854. The van der Waals surface area contributed by atoms with E-state index in [4.69, 9.17) is 23.2 Å².